The number of rotatable bonds is 3. The molecule has 1 N–H and O–H groups in total. The molecule has 114 valence electrons. The molecule has 1 aromatic rings. The Balaban J connectivity index is 2.48. The van der Waals surface area contributed by atoms with E-state index < -0.39 is 24.3 Å². The van der Waals surface area contributed by atoms with Crippen LogP contribution in [0.2, 0.25) is 0 Å². The molecule has 0 unspecified atom stereocenters. The first kappa shape index (κ1) is 17.0. The number of hydrogen-bond acceptors (Lipinski definition) is 3. The highest BCUT2D eigenvalue weighted by Gasteiger charge is 2.52. The molecule has 1 heterocycles. The first-order chi connectivity index (χ1) is 9.55. The van der Waals surface area contributed by atoms with Gasteiger partial charge in [-0.3, -0.25) is 0 Å². The predicted octanol–water partition coefficient (Wildman–Crippen LogP) is 3.47. The molecule has 0 radical (unpaired) electrons. The van der Waals surface area contributed by atoms with Crippen molar-refractivity contribution in [2.24, 2.45) is 0 Å². The molecule has 0 spiro atoms. The van der Waals surface area contributed by atoms with Gasteiger partial charge in [0, 0.05) is 0 Å². The highest BCUT2D eigenvalue weighted by Crippen LogP contribution is 2.38. The van der Waals surface area contributed by atoms with E-state index in [4.69, 9.17) is 9.31 Å². The SMILES string of the molecule is CC1(C)OB(c2cc(C(=O)O)ccc2C(Br)Br)OC1(C)C. The number of hydrogen-bond donors (Lipinski definition) is 1. The largest absolute Gasteiger partial charge is 0.495 e. The summed E-state index contributed by atoms with van der Waals surface area (Å²) in [5.74, 6) is -0.972. The molecule has 0 aromatic heterocycles. The molecule has 2 rings (SSSR count). The van der Waals surface area contributed by atoms with Crippen molar-refractivity contribution < 1.29 is 19.2 Å². The summed E-state index contributed by atoms with van der Waals surface area (Å²) in [4.78, 5) is 11.2. The van der Waals surface area contributed by atoms with Crippen LogP contribution in [0.4, 0.5) is 0 Å². The van der Waals surface area contributed by atoms with Gasteiger partial charge in [0.1, 0.15) is 0 Å². The first-order valence-electron chi connectivity index (χ1n) is 6.56. The second kappa shape index (κ2) is 5.68. The number of carbonyl (C=O) groups is 1. The van der Waals surface area contributed by atoms with E-state index in [0.29, 0.717) is 5.46 Å². The van der Waals surface area contributed by atoms with Gasteiger partial charge in [-0.15, -0.1) is 0 Å². The zero-order valence-electron chi connectivity index (χ0n) is 12.3. The topological polar surface area (TPSA) is 55.8 Å². The van der Waals surface area contributed by atoms with Gasteiger partial charge in [-0.25, -0.2) is 4.79 Å². The summed E-state index contributed by atoms with van der Waals surface area (Å²) >= 11 is 6.91. The van der Waals surface area contributed by atoms with Crippen molar-refractivity contribution >= 4 is 50.4 Å². The van der Waals surface area contributed by atoms with Crippen molar-refractivity contribution in [3.63, 3.8) is 0 Å². The minimum Gasteiger partial charge on any atom is -0.478 e. The van der Waals surface area contributed by atoms with Gasteiger partial charge in [0.05, 0.1) is 20.5 Å². The first-order valence-corrected chi connectivity index (χ1v) is 8.39. The highest BCUT2D eigenvalue weighted by molar-refractivity contribution is 9.24. The van der Waals surface area contributed by atoms with Crippen LogP contribution in [0.3, 0.4) is 0 Å². The van der Waals surface area contributed by atoms with Gasteiger partial charge in [0.2, 0.25) is 0 Å². The van der Waals surface area contributed by atoms with Crippen molar-refractivity contribution in [2.45, 2.75) is 42.6 Å². The van der Waals surface area contributed by atoms with Gasteiger partial charge in [-0.1, -0.05) is 37.9 Å². The molecule has 1 fully saturated rings. The third-order valence-electron chi connectivity index (χ3n) is 4.08. The van der Waals surface area contributed by atoms with Crippen LogP contribution in [0.5, 0.6) is 0 Å². The van der Waals surface area contributed by atoms with Crippen LogP contribution < -0.4 is 5.46 Å². The third-order valence-corrected chi connectivity index (χ3v) is 5.06. The maximum absolute atomic E-state index is 11.2. The normalized spacial score (nSPS) is 20.0. The van der Waals surface area contributed by atoms with Gasteiger partial charge in [-0.2, -0.15) is 0 Å². The van der Waals surface area contributed by atoms with E-state index in [2.05, 4.69) is 31.9 Å². The molecule has 1 aromatic carbocycles. The van der Waals surface area contributed by atoms with Crippen LogP contribution in [0.1, 0.15) is 47.4 Å². The van der Waals surface area contributed by atoms with Crippen LogP contribution in [0, 0.1) is 0 Å². The molecule has 0 bridgehead atoms. The summed E-state index contributed by atoms with van der Waals surface area (Å²) in [6.07, 6.45) is 0. The summed E-state index contributed by atoms with van der Waals surface area (Å²) in [6, 6.07) is 4.94. The number of halogens is 2. The quantitative estimate of drug-likeness (QED) is 0.602. The molecule has 0 saturated carbocycles. The molecule has 0 aliphatic carbocycles. The minimum absolute atomic E-state index is 0.109. The maximum Gasteiger partial charge on any atom is 0.495 e. The van der Waals surface area contributed by atoms with Gasteiger partial charge in [0.15, 0.2) is 0 Å². The van der Waals surface area contributed by atoms with Crippen LogP contribution in [-0.2, 0) is 9.31 Å². The Labute approximate surface area is 141 Å². The lowest BCUT2D eigenvalue weighted by Crippen LogP contribution is -2.41. The Bertz CT molecular complexity index is 556. The Morgan fingerprint density at radius 3 is 2.14 bits per heavy atom. The average molecular weight is 420 g/mol. The van der Waals surface area contributed by atoms with E-state index in [0.717, 1.165) is 5.56 Å². The molecule has 1 saturated heterocycles. The Kier molecular flexibility index (Phi) is 4.60. The van der Waals surface area contributed by atoms with Gasteiger partial charge >= 0.3 is 13.1 Å². The van der Waals surface area contributed by atoms with Gasteiger partial charge in [0.25, 0.3) is 0 Å². The van der Waals surface area contributed by atoms with Crippen LogP contribution in [-0.4, -0.2) is 29.4 Å². The summed E-state index contributed by atoms with van der Waals surface area (Å²) in [7, 11) is -0.595. The molecule has 21 heavy (non-hydrogen) atoms. The summed E-state index contributed by atoms with van der Waals surface area (Å²) < 4.78 is 11.9. The van der Waals surface area contributed by atoms with Crippen molar-refractivity contribution in [2.75, 3.05) is 0 Å². The van der Waals surface area contributed by atoms with Gasteiger partial charge < -0.3 is 14.4 Å². The average Bonchev–Trinajstić information content (AvgIpc) is 2.57. The zero-order valence-corrected chi connectivity index (χ0v) is 15.5. The lowest BCUT2D eigenvalue weighted by molar-refractivity contribution is 0.00578. The van der Waals surface area contributed by atoms with E-state index in [9.17, 15) is 9.90 Å². The summed E-state index contributed by atoms with van der Waals surface area (Å²) in [6.45, 7) is 7.86. The van der Waals surface area contributed by atoms with Crippen molar-refractivity contribution in [3.8, 4) is 0 Å². The molecule has 1 aliphatic rings. The highest BCUT2D eigenvalue weighted by atomic mass is 79.9. The van der Waals surface area contributed by atoms with Crippen LogP contribution >= 0.6 is 31.9 Å². The van der Waals surface area contributed by atoms with Crippen molar-refractivity contribution in [1.82, 2.24) is 0 Å². The number of aromatic carboxylic acids is 1. The Morgan fingerprint density at radius 2 is 1.71 bits per heavy atom. The minimum atomic E-state index is -0.972. The summed E-state index contributed by atoms with van der Waals surface area (Å²) in [5, 5.41) is 9.18. The van der Waals surface area contributed by atoms with E-state index >= 15 is 0 Å². The smallest absolute Gasteiger partial charge is 0.478 e. The summed E-state index contributed by atoms with van der Waals surface area (Å²) in [5.41, 5.74) is 0.875. The lowest BCUT2D eigenvalue weighted by atomic mass is 9.75. The molecule has 0 amide bonds. The van der Waals surface area contributed by atoms with E-state index in [1.54, 1.807) is 18.2 Å². The third kappa shape index (κ3) is 3.21. The Morgan fingerprint density at radius 1 is 1.19 bits per heavy atom. The second-order valence-electron chi connectivity index (χ2n) is 6.04. The maximum atomic E-state index is 11.2. The van der Waals surface area contributed by atoms with Gasteiger partial charge in [-0.05, 0) is 50.9 Å². The molecule has 7 heteroatoms. The molecule has 4 nitrogen and oxygen atoms in total. The number of carboxylic acids is 1. The number of carboxylic acid groups (broad SMARTS) is 1. The zero-order chi connectivity index (χ0) is 16.0. The van der Waals surface area contributed by atoms with Crippen molar-refractivity contribution in [3.05, 3.63) is 29.3 Å². The van der Waals surface area contributed by atoms with E-state index in [1.165, 1.54) is 0 Å². The molecule has 1 aliphatic heterocycles. The number of alkyl halides is 2. The second-order valence-corrected chi connectivity index (χ2v) is 9.10. The number of benzene rings is 1. The molecular formula is C14H17BBr2O4. The van der Waals surface area contributed by atoms with Crippen LogP contribution in [0.15, 0.2) is 18.2 Å². The fourth-order valence-electron chi connectivity index (χ4n) is 2.08. The lowest BCUT2D eigenvalue weighted by Gasteiger charge is -2.32. The standard InChI is InChI=1S/C14H17BBr2O4/c1-13(2)14(3,4)21-15(20-13)10-7-8(12(18)19)5-6-9(10)11(16)17/h5-7,11H,1-4H3,(H,18,19). The van der Waals surface area contributed by atoms with Crippen molar-refractivity contribution in [1.29, 1.82) is 0 Å². The fraction of sp³-hybridized carbons (Fsp3) is 0.500. The fourth-order valence-corrected chi connectivity index (χ4v) is 2.91. The Hall–Kier alpha value is -0.365. The molecule has 0 atom stereocenters. The van der Waals surface area contributed by atoms with Crippen LogP contribution in [0.25, 0.3) is 0 Å². The van der Waals surface area contributed by atoms with E-state index in [-0.39, 0.29) is 9.30 Å². The monoisotopic (exact) mass is 418 g/mol. The molecular weight excluding hydrogens is 403 g/mol. The van der Waals surface area contributed by atoms with E-state index in [1.807, 2.05) is 27.7 Å². The predicted molar refractivity (Wildman–Crippen MR) is 89.7 cm³/mol.